The Morgan fingerprint density at radius 3 is 1.96 bits per heavy atom. The molecule has 5 nitrogen and oxygen atoms in total. The Labute approximate surface area is 152 Å². The molecule has 0 aliphatic carbocycles. The summed E-state index contributed by atoms with van der Waals surface area (Å²) in [5.74, 6) is -0.170. The van der Waals surface area contributed by atoms with Crippen LogP contribution in [0.1, 0.15) is 15.9 Å². The van der Waals surface area contributed by atoms with E-state index in [1.165, 1.54) is 0 Å². The zero-order chi connectivity index (χ0) is 18.4. The van der Waals surface area contributed by atoms with E-state index in [1.807, 2.05) is 61.5 Å². The van der Waals surface area contributed by atoms with Crippen molar-refractivity contribution in [2.24, 2.45) is 0 Å². The molecule has 0 spiro atoms. The summed E-state index contributed by atoms with van der Waals surface area (Å²) in [6, 6.07) is 23.2. The van der Waals surface area contributed by atoms with E-state index in [9.17, 15) is 9.59 Å². The number of urea groups is 1. The predicted molar refractivity (Wildman–Crippen MR) is 105 cm³/mol. The van der Waals surface area contributed by atoms with Gasteiger partial charge >= 0.3 is 6.03 Å². The van der Waals surface area contributed by atoms with Gasteiger partial charge in [0, 0.05) is 22.6 Å². The lowest BCUT2D eigenvalue weighted by Gasteiger charge is -2.12. The Hall–Kier alpha value is -3.60. The summed E-state index contributed by atoms with van der Waals surface area (Å²) in [5, 5.41) is 8.42. The first-order valence-corrected chi connectivity index (χ1v) is 8.22. The molecule has 0 saturated carbocycles. The topological polar surface area (TPSA) is 70.2 Å². The molecular weight excluding hydrogens is 326 g/mol. The van der Waals surface area contributed by atoms with Crippen LogP contribution in [0, 0.1) is 6.92 Å². The van der Waals surface area contributed by atoms with E-state index in [-0.39, 0.29) is 11.9 Å². The molecule has 3 N–H and O–H groups in total. The molecule has 0 unspecified atom stereocenters. The van der Waals surface area contributed by atoms with Crippen molar-refractivity contribution >= 4 is 29.0 Å². The molecule has 0 fully saturated rings. The summed E-state index contributed by atoms with van der Waals surface area (Å²) in [7, 11) is 0. The van der Waals surface area contributed by atoms with Crippen LogP contribution in [0.5, 0.6) is 0 Å². The first-order chi connectivity index (χ1) is 12.6. The zero-order valence-corrected chi connectivity index (χ0v) is 14.3. The average molecular weight is 345 g/mol. The Kier molecular flexibility index (Phi) is 5.29. The lowest BCUT2D eigenvalue weighted by atomic mass is 10.1. The minimum absolute atomic E-state index is 0.170. The van der Waals surface area contributed by atoms with E-state index in [0.29, 0.717) is 22.6 Å². The maximum Gasteiger partial charge on any atom is 0.323 e. The second-order valence-corrected chi connectivity index (χ2v) is 5.79. The highest BCUT2D eigenvalue weighted by molar-refractivity contribution is 6.05. The quantitative estimate of drug-likeness (QED) is 0.630. The highest BCUT2D eigenvalue weighted by Gasteiger charge is 2.09. The number of anilines is 3. The summed E-state index contributed by atoms with van der Waals surface area (Å²) in [6.07, 6.45) is 0. The van der Waals surface area contributed by atoms with Crippen molar-refractivity contribution in [1.29, 1.82) is 0 Å². The van der Waals surface area contributed by atoms with E-state index in [2.05, 4.69) is 16.0 Å². The fourth-order valence-corrected chi connectivity index (χ4v) is 2.48. The van der Waals surface area contributed by atoms with Gasteiger partial charge in [0.25, 0.3) is 5.91 Å². The van der Waals surface area contributed by atoms with Crippen molar-refractivity contribution in [2.75, 3.05) is 16.0 Å². The first kappa shape index (κ1) is 17.2. The maximum absolute atomic E-state index is 12.2. The number of rotatable bonds is 4. The Balaban J connectivity index is 1.64. The number of carbonyl (C=O) groups is 2. The third kappa shape index (κ3) is 4.48. The second kappa shape index (κ2) is 7.98. The van der Waals surface area contributed by atoms with Crippen LogP contribution >= 0.6 is 0 Å². The number of nitrogens with one attached hydrogen (secondary N) is 3. The molecule has 0 aromatic heterocycles. The molecule has 0 radical (unpaired) electrons. The SMILES string of the molecule is Cc1cc(NC(=O)Nc2ccccc2)ccc1NC(=O)c1ccccc1. The van der Waals surface area contributed by atoms with Crippen LogP contribution in [-0.4, -0.2) is 11.9 Å². The Bertz CT molecular complexity index is 909. The smallest absolute Gasteiger partial charge is 0.322 e. The van der Waals surface area contributed by atoms with Crippen molar-refractivity contribution < 1.29 is 9.59 Å². The van der Waals surface area contributed by atoms with Gasteiger partial charge < -0.3 is 16.0 Å². The lowest BCUT2D eigenvalue weighted by molar-refractivity contribution is 0.102. The first-order valence-electron chi connectivity index (χ1n) is 8.22. The molecule has 0 atom stereocenters. The number of carbonyl (C=O) groups excluding carboxylic acids is 2. The lowest BCUT2D eigenvalue weighted by Crippen LogP contribution is -2.19. The van der Waals surface area contributed by atoms with Crippen LogP contribution in [-0.2, 0) is 0 Å². The fourth-order valence-electron chi connectivity index (χ4n) is 2.48. The van der Waals surface area contributed by atoms with Crippen molar-refractivity contribution in [3.8, 4) is 0 Å². The van der Waals surface area contributed by atoms with Crippen LogP contribution in [0.4, 0.5) is 21.9 Å². The molecule has 0 aliphatic heterocycles. The van der Waals surface area contributed by atoms with Crippen LogP contribution in [0.3, 0.4) is 0 Å². The zero-order valence-electron chi connectivity index (χ0n) is 14.3. The highest BCUT2D eigenvalue weighted by atomic mass is 16.2. The number of para-hydroxylation sites is 1. The van der Waals surface area contributed by atoms with Gasteiger partial charge in [-0.15, -0.1) is 0 Å². The van der Waals surface area contributed by atoms with Crippen LogP contribution in [0.25, 0.3) is 0 Å². The standard InChI is InChI=1S/C21H19N3O2/c1-15-14-18(23-21(26)22-17-10-6-3-7-11-17)12-13-19(15)24-20(25)16-8-4-2-5-9-16/h2-14H,1H3,(H,24,25)(H2,22,23,26). The normalized spacial score (nSPS) is 10.0. The number of hydrogen-bond donors (Lipinski definition) is 3. The predicted octanol–water partition coefficient (Wildman–Crippen LogP) is 4.89. The van der Waals surface area contributed by atoms with Crippen LogP contribution < -0.4 is 16.0 Å². The molecule has 5 heteroatoms. The number of amides is 3. The molecule has 0 heterocycles. The number of aryl methyl sites for hydroxylation is 1. The van der Waals surface area contributed by atoms with Gasteiger partial charge in [-0.05, 0) is 55.0 Å². The fraction of sp³-hybridized carbons (Fsp3) is 0.0476. The average Bonchev–Trinajstić information content (AvgIpc) is 2.65. The van der Waals surface area contributed by atoms with Gasteiger partial charge in [-0.2, -0.15) is 0 Å². The van der Waals surface area contributed by atoms with Gasteiger partial charge in [-0.3, -0.25) is 4.79 Å². The molecule has 26 heavy (non-hydrogen) atoms. The Morgan fingerprint density at radius 2 is 1.31 bits per heavy atom. The molecule has 130 valence electrons. The molecule has 3 aromatic rings. The van der Waals surface area contributed by atoms with Crippen molar-refractivity contribution in [3.63, 3.8) is 0 Å². The summed E-state index contributed by atoms with van der Waals surface area (Å²) in [4.78, 5) is 24.3. The molecule has 3 amide bonds. The van der Waals surface area contributed by atoms with Crippen molar-refractivity contribution in [3.05, 3.63) is 90.0 Å². The van der Waals surface area contributed by atoms with E-state index in [0.717, 1.165) is 5.56 Å². The van der Waals surface area contributed by atoms with Gasteiger partial charge in [-0.25, -0.2) is 4.79 Å². The minimum atomic E-state index is -0.323. The van der Waals surface area contributed by atoms with E-state index < -0.39 is 0 Å². The summed E-state index contributed by atoms with van der Waals surface area (Å²) in [5.41, 5.74) is 3.51. The highest BCUT2D eigenvalue weighted by Crippen LogP contribution is 2.21. The summed E-state index contributed by atoms with van der Waals surface area (Å²) >= 11 is 0. The van der Waals surface area contributed by atoms with Gasteiger partial charge in [0.2, 0.25) is 0 Å². The van der Waals surface area contributed by atoms with E-state index in [1.54, 1.807) is 24.3 Å². The molecule has 0 aliphatic rings. The van der Waals surface area contributed by atoms with Gasteiger partial charge in [0.15, 0.2) is 0 Å². The maximum atomic E-state index is 12.2. The van der Waals surface area contributed by atoms with Crippen LogP contribution in [0.15, 0.2) is 78.9 Å². The third-order valence-electron chi connectivity index (χ3n) is 3.80. The molecule has 0 saturated heterocycles. The largest absolute Gasteiger partial charge is 0.323 e. The van der Waals surface area contributed by atoms with Gasteiger partial charge in [0.1, 0.15) is 0 Å². The van der Waals surface area contributed by atoms with E-state index >= 15 is 0 Å². The molecule has 3 aromatic carbocycles. The molecular formula is C21H19N3O2. The Morgan fingerprint density at radius 1 is 0.692 bits per heavy atom. The number of benzene rings is 3. The minimum Gasteiger partial charge on any atom is -0.322 e. The van der Waals surface area contributed by atoms with Gasteiger partial charge in [0.05, 0.1) is 0 Å². The van der Waals surface area contributed by atoms with Crippen molar-refractivity contribution in [2.45, 2.75) is 6.92 Å². The van der Waals surface area contributed by atoms with Crippen molar-refractivity contribution in [1.82, 2.24) is 0 Å². The molecule has 0 bridgehead atoms. The van der Waals surface area contributed by atoms with Gasteiger partial charge in [-0.1, -0.05) is 36.4 Å². The summed E-state index contributed by atoms with van der Waals surface area (Å²) < 4.78 is 0. The van der Waals surface area contributed by atoms with E-state index in [4.69, 9.17) is 0 Å². The third-order valence-corrected chi connectivity index (χ3v) is 3.80. The monoisotopic (exact) mass is 345 g/mol. The second-order valence-electron chi connectivity index (χ2n) is 5.79. The summed E-state index contributed by atoms with van der Waals surface area (Å²) in [6.45, 7) is 1.88. The number of hydrogen-bond acceptors (Lipinski definition) is 2. The van der Waals surface area contributed by atoms with Crippen LogP contribution in [0.2, 0.25) is 0 Å². The molecule has 3 rings (SSSR count).